The van der Waals surface area contributed by atoms with E-state index in [1.54, 1.807) is 31.2 Å². The van der Waals surface area contributed by atoms with Crippen LogP contribution in [0, 0.1) is 12.3 Å². The van der Waals surface area contributed by atoms with E-state index >= 15 is 0 Å². The largest absolute Gasteiger partial charge is 0.462 e. The normalized spacial score (nSPS) is 14.1. The molecule has 0 bridgehead atoms. The zero-order valence-electron chi connectivity index (χ0n) is 15.4. The molecule has 0 aliphatic heterocycles. The molecule has 6 heteroatoms. The molecule has 0 saturated heterocycles. The number of benzene rings is 2. The summed E-state index contributed by atoms with van der Waals surface area (Å²) in [6.07, 6.45) is 1.02. The van der Waals surface area contributed by atoms with Gasteiger partial charge in [-0.05, 0) is 63.1 Å². The van der Waals surface area contributed by atoms with Gasteiger partial charge in [0.2, 0.25) is 11.8 Å². The summed E-state index contributed by atoms with van der Waals surface area (Å²) in [7, 11) is 0. The Hall–Kier alpha value is -3.15. The van der Waals surface area contributed by atoms with Crippen molar-refractivity contribution in [1.29, 1.82) is 0 Å². The summed E-state index contributed by atoms with van der Waals surface area (Å²) >= 11 is 0. The monoisotopic (exact) mass is 366 g/mol. The average Bonchev–Trinajstić information content (AvgIpc) is 3.46. The van der Waals surface area contributed by atoms with E-state index in [0.29, 0.717) is 36.4 Å². The molecular formula is C21H22N2O4. The second-order valence-electron chi connectivity index (χ2n) is 6.65. The van der Waals surface area contributed by atoms with Crippen LogP contribution < -0.4 is 10.6 Å². The van der Waals surface area contributed by atoms with Crippen LogP contribution in [0.25, 0.3) is 0 Å². The van der Waals surface area contributed by atoms with E-state index < -0.39 is 11.4 Å². The molecule has 0 heterocycles. The van der Waals surface area contributed by atoms with E-state index in [-0.39, 0.29) is 11.8 Å². The van der Waals surface area contributed by atoms with Crippen molar-refractivity contribution < 1.29 is 19.1 Å². The fourth-order valence-electron chi connectivity index (χ4n) is 2.72. The van der Waals surface area contributed by atoms with Crippen molar-refractivity contribution in [2.24, 2.45) is 5.41 Å². The van der Waals surface area contributed by atoms with Gasteiger partial charge in [0.15, 0.2) is 0 Å². The predicted molar refractivity (Wildman–Crippen MR) is 103 cm³/mol. The van der Waals surface area contributed by atoms with E-state index in [1.807, 2.05) is 31.2 Å². The molecule has 0 aromatic heterocycles. The Labute approximate surface area is 157 Å². The van der Waals surface area contributed by atoms with Crippen LogP contribution in [0.15, 0.2) is 48.5 Å². The Morgan fingerprint density at radius 3 is 1.81 bits per heavy atom. The first-order valence-electron chi connectivity index (χ1n) is 8.91. The lowest BCUT2D eigenvalue weighted by Crippen LogP contribution is -2.35. The van der Waals surface area contributed by atoms with Crippen molar-refractivity contribution in [2.75, 3.05) is 17.2 Å². The number of rotatable bonds is 6. The summed E-state index contributed by atoms with van der Waals surface area (Å²) in [4.78, 5) is 36.9. The molecule has 0 unspecified atom stereocenters. The molecule has 1 saturated carbocycles. The van der Waals surface area contributed by atoms with Gasteiger partial charge in [-0.15, -0.1) is 0 Å². The minimum absolute atomic E-state index is 0.299. The number of nitrogens with one attached hydrogen (secondary N) is 2. The lowest BCUT2D eigenvalue weighted by molar-refractivity contribution is -0.131. The van der Waals surface area contributed by atoms with Gasteiger partial charge in [0.25, 0.3) is 0 Å². The van der Waals surface area contributed by atoms with Crippen LogP contribution in [0.5, 0.6) is 0 Å². The van der Waals surface area contributed by atoms with E-state index in [2.05, 4.69) is 10.6 Å². The molecule has 2 amide bonds. The summed E-state index contributed by atoms with van der Waals surface area (Å²) in [5.41, 5.74) is 1.67. The number of anilines is 2. The van der Waals surface area contributed by atoms with Crippen molar-refractivity contribution in [3.05, 3.63) is 59.7 Å². The Kier molecular flexibility index (Phi) is 5.26. The minimum Gasteiger partial charge on any atom is -0.462 e. The van der Waals surface area contributed by atoms with Gasteiger partial charge in [0.05, 0.1) is 12.2 Å². The van der Waals surface area contributed by atoms with Crippen molar-refractivity contribution in [3.8, 4) is 0 Å². The number of aryl methyl sites for hydroxylation is 1. The Bertz CT molecular complexity index is 853. The van der Waals surface area contributed by atoms with Crippen LogP contribution in [-0.2, 0) is 14.3 Å². The van der Waals surface area contributed by atoms with Gasteiger partial charge >= 0.3 is 5.97 Å². The highest BCUT2D eigenvalue weighted by atomic mass is 16.5. The summed E-state index contributed by atoms with van der Waals surface area (Å²) in [5.74, 6) is -1.05. The molecule has 0 spiro atoms. The second-order valence-corrected chi connectivity index (χ2v) is 6.65. The molecule has 1 aliphatic carbocycles. The molecule has 0 radical (unpaired) electrons. The zero-order chi connectivity index (χ0) is 19.4. The highest BCUT2D eigenvalue weighted by molar-refractivity contribution is 6.16. The number of hydrogen-bond donors (Lipinski definition) is 2. The third-order valence-electron chi connectivity index (χ3n) is 4.58. The minimum atomic E-state index is -1.04. The van der Waals surface area contributed by atoms with E-state index in [9.17, 15) is 14.4 Å². The van der Waals surface area contributed by atoms with Crippen LogP contribution >= 0.6 is 0 Å². The van der Waals surface area contributed by atoms with Gasteiger partial charge in [-0.1, -0.05) is 17.7 Å². The first kappa shape index (κ1) is 18.6. The van der Waals surface area contributed by atoms with Crippen LogP contribution in [-0.4, -0.2) is 24.4 Å². The summed E-state index contributed by atoms with van der Waals surface area (Å²) in [6.45, 7) is 4.01. The van der Waals surface area contributed by atoms with E-state index in [1.165, 1.54) is 0 Å². The topological polar surface area (TPSA) is 84.5 Å². The average molecular weight is 366 g/mol. The van der Waals surface area contributed by atoms with E-state index in [4.69, 9.17) is 4.74 Å². The number of carbonyl (C=O) groups excluding carboxylic acids is 3. The summed E-state index contributed by atoms with van der Waals surface area (Å²) in [6, 6.07) is 13.8. The molecule has 27 heavy (non-hydrogen) atoms. The highest BCUT2D eigenvalue weighted by Crippen LogP contribution is 2.47. The fraction of sp³-hybridized carbons (Fsp3) is 0.286. The number of esters is 1. The molecule has 1 aliphatic rings. The first-order valence-corrected chi connectivity index (χ1v) is 8.91. The van der Waals surface area contributed by atoms with E-state index in [0.717, 1.165) is 5.56 Å². The van der Waals surface area contributed by atoms with Crippen LogP contribution in [0.4, 0.5) is 11.4 Å². The van der Waals surface area contributed by atoms with Crippen molar-refractivity contribution >= 4 is 29.2 Å². The number of ether oxygens (including phenoxy) is 1. The Morgan fingerprint density at radius 1 is 0.889 bits per heavy atom. The van der Waals surface area contributed by atoms with Crippen LogP contribution in [0.1, 0.15) is 35.7 Å². The van der Waals surface area contributed by atoms with Gasteiger partial charge in [0.1, 0.15) is 5.41 Å². The fourth-order valence-corrected chi connectivity index (χ4v) is 2.72. The molecule has 2 aromatic rings. The van der Waals surface area contributed by atoms with Crippen molar-refractivity contribution in [1.82, 2.24) is 0 Å². The number of hydrogen-bond acceptors (Lipinski definition) is 4. The molecule has 140 valence electrons. The Morgan fingerprint density at radius 2 is 1.37 bits per heavy atom. The van der Waals surface area contributed by atoms with Gasteiger partial charge < -0.3 is 15.4 Å². The van der Waals surface area contributed by atoms with Gasteiger partial charge in [0, 0.05) is 11.4 Å². The molecular weight excluding hydrogens is 344 g/mol. The maximum absolute atomic E-state index is 12.6. The van der Waals surface area contributed by atoms with Gasteiger partial charge in [-0.2, -0.15) is 0 Å². The number of carbonyl (C=O) groups is 3. The maximum atomic E-state index is 12.6. The lowest BCUT2D eigenvalue weighted by atomic mass is 10.0. The third-order valence-corrected chi connectivity index (χ3v) is 4.58. The van der Waals surface area contributed by atoms with Gasteiger partial charge in [-0.3, -0.25) is 9.59 Å². The number of amides is 2. The van der Waals surface area contributed by atoms with Crippen molar-refractivity contribution in [3.63, 3.8) is 0 Å². The van der Waals surface area contributed by atoms with Gasteiger partial charge in [-0.25, -0.2) is 4.79 Å². The molecule has 2 aromatic carbocycles. The zero-order valence-corrected chi connectivity index (χ0v) is 15.4. The molecule has 6 nitrogen and oxygen atoms in total. The van der Waals surface area contributed by atoms with Crippen molar-refractivity contribution in [2.45, 2.75) is 26.7 Å². The third kappa shape index (κ3) is 4.16. The van der Waals surface area contributed by atoms with Crippen LogP contribution in [0.3, 0.4) is 0 Å². The maximum Gasteiger partial charge on any atom is 0.338 e. The lowest BCUT2D eigenvalue weighted by Gasteiger charge is -2.16. The quantitative estimate of drug-likeness (QED) is 0.605. The Balaban J connectivity index is 1.63. The first-order chi connectivity index (χ1) is 12.9. The SMILES string of the molecule is CCOC(=O)c1ccc(NC(=O)C2(C(=O)Nc3ccc(C)cc3)CC2)cc1. The predicted octanol–water partition coefficient (Wildman–Crippen LogP) is 3.53. The smallest absolute Gasteiger partial charge is 0.338 e. The second kappa shape index (κ2) is 7.61. The molecule has 0 atom stereocenters. The summed E-state index contributed by atoms with van der Waals surface area (Å²) < 4.78 is 4.93. The molecule has 1 fully saturated rings. The standard InChI is InChI=1S/C21H22N2O4/c1-3-27-18(24)15-6-10-17(11-7-15)23-20(26)21(12-13-21)19(25)22-16-8-4-14(2)5-9-16/h4-11H,3,12-13H2,1-2H3,(H,22,25)(H,23,26). The highest BCUT2D eigenvalue weighted by Gasteiger charge is 2.56. The summed E-state index contributed by atoms with van der Waals surface area (Å²) in [5, 5.41) is 5.58. The molecule has 2 N–H and O–H groups in total. The van der Waals surface area contributed by atoms with Crippen LogP contribution in [0.2, 0.25) is 0 Å². The molecule has 3 rings (SSSR count).